The Kier molecular flexibility index (Phi) is 4.90. The molecule has 1 aromatic heterocycles. The minimum atomic E-state index is -3.79. The molecule has 4 rings (SSSR count). The molecular formula is C19H18FN3O3S2. The van der Waals surface area contributed by atoms with Crippen molar-refractivity contribution >= 4 is 37.5 Å². The molecule has 28 heavy (non-hydrogen) atoms. The van der Waals surface area contributed by atoms with Crippen LogP contribution in [-0.4, -0.2) is 54.1 Å². The van der Waals surface area contributed by atoms with Crippen LogP contribution < -0.4 is 0 Å². The molecule has 146 valence electrons. The van der Waals surface area contributed by atoms with Gasteiger partial charge in [-0.15, -0.1) is 0 Å². The van der Waals surface area contributed by atoms with Gasteiger partial charge < -0.3 is 4.90 Å². The molecule has 0 saturated carbocycles. The Hall–Kier alpha value is -2.36. The first-order valence-corrected chi connectivity index (χ1v) is 11.0. The number of aromatic nitrogens is 1. The number of hydrogen-bond donors (Lipinski definition) is 0. The fourth-order valence-corrected chi connectivity index (χ4v) is 5.47. The highest BCUT2D eigenvalue weighted by molar-refractivity contribution is 7.89. The minimum Gasteiger partial charge on any atom is -0.335 e. The fourth-order valence-electron chi connectivity index (χ4n) is 3.26. The van der Waals surface area contributed by atoms with E-state index in [1.165, 1.54) is 34.0 Å². The van der Waals surface area contributed by atoms with Crippen LogP contribution in [0.15, 0.2) is 47.4 Å². The SMILES string of the molecule is Cc1ccc2snc(C(=O)N3CCN(S(=O)(=O)c4cccc(F)c4)CC3)c2c1. The molecule has 6 nitrogen and oxygen atoms in total. The van der Waals surface area contributed by atoms with Crippen LogP contribution in [-0.2, 0) is 10.0 Å². The molecule has 0 aliphatic carbocycles. The van der Waals surface area contributed by atoms with Gasteiger partial charge in [0, 0.05) is 31.6 Å². The summed E-state index contributed by atoms with van der Waals surface area (Å²) in [5.41, 5.74) is 1.46. The lowest BCUT2D eigenvalue weighted by atomic mass is 10.1. The van der Waals surface area contributed by atoms with Crippen LogP contribution >= 0.6 is 11.5 Å². The maximum Gasteiger partial charge on any atom is 0.274 e. The van der Waals surface area contributed by atoms with E-state index in [9.17, 15) is 17.6 Å². The smallest absolute Gasteiger partial charge is 0.274 e. The van der Waals surface area contributed by atoms with Gasteiger partial charge in [-0.25, -0.2) is 12.8 Å². The number of amides is 1. The van der Waals surface area contributed by atoms with Crippen LogP contribution in [0.3, 0.4) is 0 Å². The normalized spacial score (nSPS) is 15.9. The Balaban J connectivity index is 1.50. The summed E-state index contributed by atoms with van der Waals surface area (Å²) in [6.07, 6.45) is 0. The van der Waals surface area contributed by atoms with E-state index in [4.69, 9.17) is 0 Å². The van der Waals surface area contributed by atoms with Gasteiger partial charge in [0.15, 0.2) is 0 Å². The van der Waals surface area contributed by atoms with Crippen molar-refractivity contribution in [3.8, 4) is 0 Å². The van der Waals surface area contributed by atoms with E-state index >= 15 is 0 Å². The minimum absolute atomic E-state index is 0.0757. The summed E-state index contributed by atoms with van der Waals surface area (Å²) in [5, 5.41) is 0.824. The van der Waals surface area contributed by atoms with Gasteiger partial charge in [0.25, 0.3) is 5.91 Å². The first-order valence-electron chi connectivity index (χ1n) is 8.77. The van der Waals surface area contributed by atoms with Gasteiger partial charge in [0.1, 0.15) is 11.5 Å². The van der Waals surface area contributed by atoms with Gasteiger partial charge in [0.05, 0.1) is 9.60 Å². The molecule has 0 N–H and O–H groups in total. The van der Waals surface area contributed by atoms with Crippen molar-refractivity contribution in [2.24, 2.45) is 0 Å². The number of nitrogens with zero attached hydrogens (tertiary/aromatic N) is 3. The molecule has 1 fully saturated rings. The standard InChI is InChI=1S/C19H18FN3O3S2/c1-13-5-6-17-16(11-13)18(21-27-17)19(24)22-7-9-23(10-8-22)28(25,26)15-4-2-3-14(20)12-15/h2-6,11-12H,7-10H2,1H3. The number of halogens is 1. The zero-order valence-corrected chi connectivity index (χ0v) is 16.8. The second kappa shape index (κ2) is 7.23. The summed E-state index contributed by atoms with van der Waals surface area (Å²) in [6.45, 7) is 2.80. The van der Waals surface area contributed by atoms with Crippen LogP contribution in [0.2, 0.25) is 0 Å². The van der Waals surface area contributed by atoms with Crippen molar-refractivity contribution in [3.63, 3.8) is 0 Å². The molecule has 2 heterocycles. The number of sulfonamides is 1. The van der Waals surface area contributed by atoms with Crippen LogP contribution in [0.25, 0.3) is 10.1 Å². The summed E-state index contributed by atoms with van der Waals surface area (Å²) in [7, 11) is -3.79. The predicted octanol–water partition coefficient (Wildman–Crippen LogP) is 2.89. The lowest BCUT2D eigenvalue weighted by molar-refractivity contribution is 0.0695. The largest absolute Gasteiger partial charge is 0.335 e. The lowest BCUT2D eigenvalue weighted by Crippen LogP contribution is -2.50. The average Bonchev–Trinajstić information content (AvgIpc) is 3.10. The maximum atomic E-state index is 13.4. The number of benzene rings is 2. The molecule has 2 aromatic carbocycles. The molecule has 9 heteroatoms. The molecule has 0 spiro atoms. The van der Waals surface area contributed by atoms with E-state index in [0.717, 1.165) is 21.7 Å². The first kappa shape index (κ1) is 19.0. The summed E-state index contributed by atoms with van der Waals surface area (Å²) in [5.74, 6) is -0.791. The molecule has 1 aliphatic heterocycles. The zero-order chi connectivity index (χ0) is 19.9. The van der Waals surface area contributed by atoms with E-state index in [1.807, 2.05) is 25.1 Å². The maximum absolute atomic E-state index is 13.4. The van der Waals surface area contributed by atoms with E-state index in [-0.39, 0.29) is 37.0 Å². The Morgan fingerprint density at radius 3 is 2.57 bits per heavy atom. The van der Waals surface area contributed by atoms with Gasteiger partial charge in [-0.3, -0.25) is 4.79 Å². The van der Waals surface area contributed by atoms with Crippen LogP contribution in [0.1, 0.15) is 16.1 Å². The topological polar surface area (TPSA) is 70.6 Å². The van der Waals surface area contributed by atoms with Gasteiger partial charge in [-0.1, -0.05) is 17.7 Å². The number of aryl methyl sites for hydroxylation is 1. The average molecular weight is 420 g/mol. The molecule has 0 radical (unpaired) electrons. The molecule has 0 bridgehead atoms. The predicted molar refractivity (Wildman–Crippen MR) is 105 cm³/mol. The van der Waals surface area contributed by atoms with Gasteiger partial charge in [-0.05, 0) is 48.8 Å². The van der Waals surface area contributed by atoms with E-state index in [2.05, 4.69) is 4.37 Å². The summed E-state index contributed by atoms with van der Waals surface area (Å²) in [6, 6.07) is 10.8. The van der Waals surface area contributed by atoms with Gasteiger partial charge in [0.2, 0.25) is 10.0 Å². The number of carbonyl (C=O) groups excluding carboxylic acids is 1. The zero-order valence-electron chi connectivity index (χ0n) is 15.1. The number of piperazine rings is 1. The lowest BCUT2D eigenvalue weighted by Gasteiger charge is -2.33. The third kappa shape index (κ3) is 3.41. The molecule has 1 saturated heterocycles. The summed E-state index contributed by atoms with van der Waals surface area (Å²) in [4.78, 5) is 14.5. The number of rotatable bonds is 3. The highest BCUT2D eigenvalue weighted by atomic mass is 32.2. The highest BCUT2D eigenvalue weighted by Gasteiger charge is 2.31. The second-order valence-corrected chi connectivity index (χ2v) is 9.43. The third-order valence-electron chi connectivity index (χ3n) is 4.79. The molecule has 1 amide bonds. The second-order valence-electron chi connectivity index (χ2n) is 6.68. The highest BCUT2D eigenvalue weighted by Crippen LogP contribution is 2.26. The van der Waals surface area contributed by atoms with Crippen molar-refractivity contribution in [1.82, 2.24) is 13.6 Å². The Morgan fingerprint density at radius 1 is 1.11 bits per heavy atom. The van der Waals surface area contributed by atoms with Crippen LogP contribution in [0.5, 0.6) is 0 Å². The van der Waals surface area contributed by atoms with Gasteiger partial charge >= 0.3 is 0 Å². The van der Waals surface area contributed by atoms with Crippen LogP contribution in [0.4, 0.5) is 4.39 Å². The number of carbonyl (C=O) groups is 1. The van der Waals surface area contributed by atoms with Crippen LogP contribution in [0, 0.1) is 12.7 Å². The summed E-state index contributed by atoms with van der Waals surface area (Å²) < 4.78 is 45.4. The Bertz CT molecular complexity index is 1150. The van der Waals surface area contributed by atoms with E-state index in [0.29, 0.717) is 5.69 Å². The molecule has 0 unspecified atom stereocenters. The molecule has 1 aliphatic rings. The first-order chi connectivity index (χ1) is 13.4. The summed E-state index contributed by atoms with van der Waals surface area (Å²) >= 11 is 1.28. The van der Waals surface area contributed by atoms with Crippen molar-refractivity contribution in [2.75, 3.05) is 26.2 Å². The third-order valence-corrected chi connectivity index (χ3v) is 7.51. The monoisotopic (exact) mass is 419 g/mol. The Morgan fingerprint density at radius 2 is 1.86 bits per heavy atom. The quantitative estimate of drug-likeness (QED) is 0.655. The van der Waals surface area contributed by atoms with Gasteiger partial charge in [-0.2, -0.15) is 8.68 Å². The van der Waals surface area contributed by atoms with E-state index in [1.54, 1.807) is 4.90 Å². The molecule has 3 aromatic rings. The van der Waals surface area contributed by atoms with E-state index < -0.39 is 15.8 Å². The van der Waals surface area contributed by atoms with Crippen molar-refractivity contribution in [3.05, 3.63) is 59.5 Å². The van der Waals surface area contributed by atoms with Crippen molar-refractivity contribution < 1.29 is 17.6 Å². The van der Waals surface area contributed by atoms with Crippen molar-refractivity contribution in [2.45, 2.75) is 11.8 Å². The molecular weight excluding hydrogens is 401 g/mol. The molecule has 0 atom stereocenters. The Labute approximate surface area is 166 Å². The van der Waals surface area contributed by atoms with Crippen molar-refractivity contribution in [1.29, 1.82) is 0 Å². The number of fused-ring (bicyclic) bond motifs is 1. The number of hydrogen-bond acceptors (Lipinski definition) is 5. The fraction of sp³-hybridized carbons (Fsp3) is 0.263.